The Labute approximate surface area is 134 Å². The van der Waals surface area contributed by atoms with Gasteiger partial charge in [-0.25, -0.2) is 0 Å². The lowest BCUT2D eigenvalue weighted by molar-refractivity contribution is 0.402. The van der Waals surface area contributed by atoms with Gasteiger partial charge in [-0.2, -0.15) is 0 Å². The van der Waals surface area contributed by atoms with Crippen molar-refractivity contribution in [3.05, 3.63) is 94.1 Å². The van der Waals surface area contributed by atoms with Crippen LogP contribution >= 0.6 is 0 Å². The molecule has 0 atom stereocenters. The minimum atomic E-state index is -0.624. The van der Waals surface area contributed by atoms with Crippen molar-refractivity contribution in [3.8, 4) is 22.6 Å². The second kappa shape index (κ2) is 6.36. The zero-order chi connectivity index (χ0) is 16.2. The summed E-state index contributed by atoms with van der Waals surface area (Å²) in [6.07, 6.45) is 0.536. The summed E-state index contributed by atoms with van der Waals surface area (Å²) in [5, 5.41) is 19.7. The van der Waals surface area contributed by atoms with Crippen molar-refractivity contribution in [3.63, 3.8) is 0 Å². The van der Waals surface area contributed by atoms with Gasteiger partial charge >= 0.3 is 0 Å². The Morgan fingerprint density at radius 3 is 2.04 bits per heavy atom. The molecule has 3 aromatic carbocycles. The molecule has 0 heterocycles. The van der Waals surface area contributed by atoms with Crippen molar-refractivity contribution in [1.29, 1.82) is 0 Å². The Morgan fingerprint density at radius 1 is 0.783 bits per heavy atom. The maximum atomic E-state index is 12.0. The third-order valence-electron chi connectivity index (χ3n) is 3.73. The van der Waals surface area contributed by atoms with E-state index in [2.05, 4.69) is 0 Å². The molecule has 23 heavy (non-hydrogen) atoms. The van der Waals surface area contributed by atoms with E-state index in [1.54, 1.807) is 0 Å². The Morgan fingerprint density at radius 2 is 1.39 bits per heavy atom. The first-order chi connectivity index (χ1) is 11.1. The average Bonchev–Trinajstić information content (AvgIpc) is 2.69. The van der Waals surface area contributed by atoms with Crippen molar-refractivity contribution >= 4 is 0 Å². The quantitative estimate of drug-likeness (QED) is 0.775. The smallest absolute Gasteiger partial charge is 0.224 e. The van der Waals surface area contributed by atoms with E-state index in [0.717, 1.165) is 22.3 Å². The summed E-state index contributed by atoms with van der Waals surface area (Å²) in [7, 11) is 0. The number of aromatic hydroxyl groups is 2. The topological polar surface area (TPSA) is 57.5 Å². The molecule has 0 unspecified atom stereocenters. The molecular formula is C20H16O3. The summed E-state index contributed by atoms with van der Waals surface area (Å²) in [5.41, 5.74) is 2.82. The standard InChI is InChI=1S/C20H16O3/c21-18-12-16(11-14-7-3-1-4-8-14)17(13-19(22)20(18)23)15-9-5-2-6-10-15/h1-10,12-13H,11H2,(H2,21,22,23). The average molecular weight is 304 g/mol. The molecule has 0 aliphatic rings. The van der Waals surface area contributed by atoms with E-state index in [-0.39, 0.29) is 0 Å². The molecule has 0 amide bonds. The summed E-state index contributed by atoms with van der Waals surface area (Å²) >= 11 is 0. The maximum Gasteiger partial charge on any atom is 0.224 e. The van der Waals surface area contributed by atoms with Crippen LogP contribution < -0.4 is 5.43 Å². The van der Waals surface area contributed by atoms with Gasteiger partial charge in [-0.3, -0.25) is 4.79 Å². The molecule has 114 valence electrons. The maximum absolute atomic E-state index is 12.0. The number of hydrogen-bond acceptors (Lipinski definition) is 3. The molecule has 0 aliphatic heterocycles. The largest absolute Gasteiger partial charge is 0.504 e. The van der Waals surface area contributed by atoms with E-state index in [1.165, 1.54) is 12.1 Å². The number of benzene rings is 2. The lowest BCUT2D eigenvalue weighted by Crippen LogP contribution is -1.98. The molecule has 0 saturated carbocycles. The highest BCUT2D eigenvalue weighted by Crippen LogP contribution is 2.30. The Bertz CT molecular complexity index is 872. The molecule has 3 heteroatoms. The van der Waals surface area contributed by atoms with Crippen LogP contribution in [0.4, 0.5) is 0 Å². The van der Waals surface area contributed by atoms with Gasteiger partial charge in [-0.15, -0.1) is 0 Å². The molecule has 0 fully saturated rings. The van der Waals surface area contributed by atoms with Gasteiger partial charge in [0.25, 0.3) is 0 Å². The summed E-state index contributed by atoms with van der Waals surface area (Å²) < 4.78 is 0. The van der Waals surface area contributed by atoms with Gasteiger partial charge in [-0.05, 0) is 40.8 Å². The first kappa shape index (κ1) is 14.9. The fourth-order valence-electron chi connectivity index (χ4n) is 2.58. The molecule has 0 aromatic heterocycles. The van der Waals surface area contributed by atoms with Gasteiger partial charge < -0.3 is 10.2 Å². The summed E-state index contributed by atoms with van der Waals surface area (Å²) in [6, 6.07) is 22.1. The molecule has 2 N–H and O–H groups in total. The normalized spacial score (nSPS) is 10.4. The SMILES string of the molecule is O=c1cc(Cc2ccccc2)c(-c2ccccc2)cc(O)c1O. The summed E-state index contributed by atoms with van der Waals surface area (Å²) in [5.74, 6) is -1.03. The first-order valence-corrected chi connectivity index (χ1v) is 7.33. The van der Waals surface area contributed by atoms with Gasteiger partial charge in [0, 0.05) is 0 Å². The van der Waals surface area contributed by atoms with Gasteiger partial charge in [0.2, 0.25) is 11.2 Å². The van der Waals surface area contributed by atoms with Crippen molar-refractivity contribution in [2.75, 3.05) is 0 Å². The second-order valence-electron chi connectivity index (χ2n) is 5.35. The predicted octanol–water partition coefficient (Wildman–Crippen LogP) is 3.72. The van der Waals surface area contributed by atoms with Crippen molar-refractivity contribution in [1.82, 2.24) is 0 Å². The molecule has 3 rings (SSSR count). The lowest BCUT2D eigenvalue weighted by atomic mass is 9.97. The summed E-state index contributed by atoms with van der Waals surface area (Å²) in [6.45, 7) is 0. The van der Waals surface area contributed by atoms with E-state index in [1.807, 2.05) is 60.7 Å². The van der Waals surface area contributed by atoms with Crippen LogP contribution in [0.25, 0.3) is 11.1 Å². The van der Waals surface area contributed by atoms with Crippen LogP contribution in [0.3, 0.4) is 0 Å². The van der Waals surface area contributed by atoms with Crippen LogP contribution in [0.2, 0.25) is 0 Å². The highest BCUT2D eigenvalue weighted by Gasteiger charge is 2.11. The van der Waals surface area contributed by atoms with Crippen LogP contribution in [-0.2, 0) is 6.42 Å². The number of hydrogen-bond donors (Lipinski definition) is 2. The van der Waals surface area contributed by atoms with Crippen molar-refractivity contribution < 1.29 is 10.2 Å². The van der Waals surface area contributed by atoms with Gasteiger partial charge in [-0.1, -0.05) is 60.7 Å². The predicted molar refractivity (Wildman–Crippen MR) is 90.7 cm³/mol. The minimum Gasteiger partial charge on any atom is -0.504 e. The van der Waals surface area contributed by atoms with E-state index >= 15 is 0 Å². The van der Waals surface area contributed by atoms with Crippen LogP contribution in [-0.4, -0.2) is 10.2 Å². The van der Waals surface area contributed by atoms with E-state index in [0.29, 0.717) is 6.42 Å². The van der Waals surface area contributed by atoms with E-state index in [4.69, 9.17) is 0 Å². The van der Waals surface area contributed by atoms with Crippen LogP contribution in [0.1, 0.15) is 11.1 Å². The fourth-order valence-corrected chi connectivity index (χ4v) is 2.58. The highest BCUT2D eigenvalue weighted by molar-refractivity contribution is 5.69. The molecule has 0 spiro atoms. The van der Waals surface area contributed by atoms with Crippen molar-refractivity contribution in [2.24, 2.45) is 0 Å². The molecule has 0 bridgehead atoms. The highest BCUT2D eigenvalue weighted by atomic mass is 16.3. The van der Waals surface area contributed by atoms with Crippen molar-refractivity contribution in [2.45, 2.75) is 6.42 Å². The third-order valence-corrected chi connectivity index (χ3v) is 3.73. The Hall–Kier alpha value is -3.07. The number of rotatable bonds is 3. The van der Waals surface area contributed by atoms with Gasteiger partial charge in [0.15, 0.2) is 5.75 Å². The monoisotopic (exact) mass is 304 g/mol. The molecular weight excluding hydrogens is 288 g/mol. The molecule has 0 radical (unpaired) electrons. The van der Waals surface area contributed by atoms with E-state index < -0.39 is 16.9 Å². The Balaban J connectivity index is 2.22. The zero-order valence-corrected chi connectivity index (χ0v) is 12.4. The molecule has 0 aliphatic carbocycles. The third kappa shape index (κ3) is 3.24. The summed E-state index contributed by atoms with van der Waals surface area (Å²) in [4.78, 5) is 12.0. The molecule has 3 nitrogen and oxygen atoms in total. The first-order valence-electron chi connectivity index (χ1n) is 7.33. The fraction of sp³-hybridized carbons (Fsp3) is 0.0500. The van der Waals surface area contributed by atoms with Crippen LogP contribution in [0.5, 0.6) is 11.5 Å². The molecule has 0 saturated heterocycles. The molecule has 3 aromatic rings. The van der Waals surface area contributed by atoms with Crippen LogP contribution in [0.15, 0.2) is 77.6 Å². The Kier molecular flexibility index (Phi) is 4.11. The second-order valence-corrected chi connectivity index (χ2v) is 5.35. The zero-order valence-electron chi connectivity index (χ0n) is 12.4. The van der Waals surface area contributed by atoms with Gasteiger partial charge in [0.1, 0.15) is 0 Å². The lowest BCUT2D eigenvalue weighted by Gasteiger charge is -2.07. The minimum absolute atomic E-state index is 0.409. The van der Waals surface area contributed by atoms with Gasteiger partial charge in [0.05, 0.1) is 0 Å². The van der Waals surface area contributed by atoms with Crippen LogP contribution in [0, 0.1) is 0 Å². The van der Waals surface area contributed by atoms with E-state index in [9.17, 15) is 15.0 Å².